The minimum absolute atomic E-state index is 0.605. The molecule has 0 unspecified atom stereocenters. The van der Waals surface area contributed by atoms with E-state index < -0.39 is 0 Å². The molecule has 0 aliphatic rings. The number of benzene rings is 3. The minimum Gasteiger partial charge on any atom is -0.298 e. The summed E-state index contributed by atoms with van der Waals surface area (Å²) in [6, 6.07) is 23.0. The number of hydrogen-bond acceptors (Lipinski definition) is 3. The summed E-state index contributed by atoms with van der Waals surface area (Å²) in [5, 5.41) is 9.26. The van der Waals surface area contributed by atoms with Gasteiger partial charge in [-0.1, -0.05) is 83.9 Å². The van der Waals surface area contributed by atoms with Gasteiger partial charge in [0.05, 0.1) is 10.0 Å². The predicted octanol–water partition coefficient (Wildman–Crippen LogP) is 6.85. The van der Waals surface area contributed by atoms with E-state index in [4.69, 9.17) is 23.2 Å². The van der Waals surface area contributed by atoms with Crippen LogP contribution in [0.1, 0.15) is 10.4 Å². The van der Waals surface area contributed by atoms with E-state index in [1.54, 1.807) is 18.5 Å². The summed E-state index contributed by atoms with van der Waals surface area (Å²) in [5.41, 5.74) is 6.70. The van der Waals surface area contributed by atoms with Gasteiger partial charge in [-0.3, -0.25) is 9.20 Å². The maximum Gasteiger partial charge on any atom is 0.161 e. The Hall–Kier alpha value is -3.47. The Kier molecular flexibility index (Phi) is 5.02. The van der Waals surface area contributed by atoms with Crippen molar-refractivity contribution in [1.29, 1.82) is 0 Å². The van der Waals surface area contributed by atoms with E-state index in [9.17, 15) is 4.79 Å². The Morgan fingerprint density at radius 3 is 2.00 bits per heavy atom. The number of nitrogens with zero attached hydrogens (tertiary/aromatic N) is 3. The number of carbonyl (C=O) groups is 1. The zero-order chi connectivity index (χ0) is 21.4. The third-order valence-corrected chi connectivity index (χ3v) is 6.07. The van der Waals surface area contributed by atoms with Crippen LogP contribution in [0.5, 0.6) is 0 Å². The first-order valence-electron chi connectivity index (χ1n) is 9.58. The summed E-state index contributed by atoms with van der Waals surface area (Å²) >= 11 is 13.7. The molecule has 0 N–H and O–H groups in total. The number of aromatic nitrogens is 3. The summed E-state index contributed by atoms with van der Waals surface area (Å²) in [4.78, 5) is 11.0. The van der Waals surface area contributed by atoms with E-state index in [1.165, 1.54) is 0 Å². The standard InChI is InChI=1S/C25H15Cl2N3O/c26-24-19(17-9-7-16(14-31)8-10-17)3-1-5-21(24)22-6-2-4-20(25(22)27)18-11-12-30-15-28-29-23(30)13-18/h1-15H. The highest BCUT2D eigenvalue weighted by atomic mass is 35.5. The van der Waals surface area contributed by atoms with Crippen LogP contribution < -0.4 is 0 Å². The smallest absolute Gasteiger partial charge is 0.161 e. The molecule has 5 rings (SSSR count). The van der Waals surface area contributed by atoms with Crippen LogP contribution in [-0.4, -0.2) is 20.9 Å². The predicted molar refractivity (Wildman–Crippen MR) is 125 cm³/mol. The van der Waals surface area contributed by atoms with E-state index >= 15 is 0 Å². The summed E-state index contributed by atoms with van der Waals surface area (Å²) < 4.78 is 1.84. The van der Waals surface area contributed by atoms with Gasteiger partial charge < -0.3 is 0 Å². The van der Waals surface area contributed by atoms with Gasteiger partial charge in [-0.25, -0.2) is 0 Å². The molecule has 31 heavy (non-hydrogen) atoms. The number of fused-ring (bicyclic) bond motifs is 1. The van der Waals surface area contributed by atoms with Crippen LogP contribution in [0.15, 0.2) is 85.3 Å². The van der Waals surface area contributed by atoms with Crippen LogP contribution in [0.3, 0.4) is 0 Å². The topological polar surface area (TPSA) is 47.3 Å². The number of pyridine rings is 1. The van der Waals surface area contributed by atoms with E-state index in [2.05, 4.69) is 10.2 Å². The fraction of sp³-hybridized carbons (Fsp3) is 0. The van der Waals surface area contributed by atoms with Gasteiger partial charge in [0.15, 0.2) is 5.65 Å². The molecule has 0 saturated carbocycles. The molecule has 0 amide bonds. The fourth-order valence-electron chi connectivity index (χ4n) is 3.65. The van der Waals surface area contributed by atoms with Crippen molar-refractivity contribution >= 4 is 35.1 Å². The number of rotatable bonds is 4. The first-order chi connectivity index (χ1) is 15.2. The molecule has 150 valence electrons. The lowest BCUT2D eigenvalue weighted by Crippen LogP contribution is -1.90. The molecule has 0 saturated heterocycles. The van der Waals surface area contributed by atoms with Crippen molar-refractivity contribution in [1.82, 2.24) is 14.6 Å². The molecule has 4 nitrogen and oxygen atoms in total. The van der Waals surface area contributed by atoms with Gasteiger partial charge in [-0.2, -0.15) is 0 Å². The summed E-state index contributed by atoms with van der Waals surface area (Å²) in [6.07, 6.45) is 4.39. The molecule has 2 aromatic heterocycles. The Morgan fingerprint density at radius 1 is 0.742 bits per heavy atom. The summed E-state index contributed by atoms with van der Waals surface area (Å²) in [7, 11) is 0. The molecular weight excluding hydrogens is 429 g/mol. The van der Waals surface area contributed by atoms with Crippen molar-refractivity contribution in [3.8, 4) is 33.4 Å². The van der Waals surface area contributed by atoms with E-state index in [0.29, 0.717) is 15.6 Å². The van der Waals surface area contributed by atoms with Crippen molar-refractivity contribution in [2.45, 2.75) is 0 Å². The zero-order valence-corrected chi connectivity index (χ0v) is 17.7. The van der Waals surface area contributed by atoms with Crippen molar-refractivity contribution in [2.24, 2.45) is 0 Å². The highest BCUT2D eigenvalue weighted by molar-refractivity contribution is 6.39. The van der Waals surface area contributed by atoms with Gasteiger partial charge in [0, 0.05) is 34.0 Å². The van der Waals surface area contributed by atoms with E-state index in [-0.39, 0.29) is 0 Å². The van der Waals surface area contributed by atoms with Crippen LogP contribution in [0.25, 0.3) is 39.0 Å². The normalized spacial score (nSPS) is 11.0. The average molecular weight is 444 g/mol. The van der Waals surface area contributed by atoms with Gasteiger partial charge in [0.1, 0.15) is 12.6 Å². The molecule has 3 aromatic carbocycles. The molecule has 0 fully saturated rings. The molecule has 2 heterocycles. The highest BCUT2D eigenvalue weighted by Crippen LogP contribution is 2.42. The summed E-state index contributed by atoms with van der Waals surface area (Å²) in [6.45, 7) is 0. The van der Waals surface area contributed by atoms with Gasteiger partial charge in [0.2, 0.25) is 0 Å². The Labute approximate surface area is 188 Å². The minimum atomic E-state index is 0.605. The van der Waals surface area contributed by atoms with Gasteiger partial charge in [-0.05, 0) is 23.3 Å². The zero-order valence-electron chi connectivity index (χ0n) is 16.2. The Balaban J connectivity index is 1.62. The average Bonchev–Trinajstić information content (AvgIpc) is 3.28. The van der Waals surface area contributed by atoms with Crippen molar-refractivity contribution < 1.29 is 4.79 Å². The third-order valence-electron chi connectivity index (χ3n) is 5.26. The molecule has 0 atom stereocenters. The molecular formula is C25H15Cl2N3O. The fourth-order valence-corrected chi connectivity index (χ4v) is 4.33. The first-order valence-corrected chi connectivity index (χ1v) is 10.3. The number of aldehydes is 1. The monoisotopic (exact) mass is 443 g/mol. The largest absolute Gasteiger partial charge is 0.298 e. The van der Waals surface area contributed by atoms with Crippen LogP contribution >= 0.6 is 23.2 Å². The first kappa shape index (κ1) is 19.5. The van der Waals surface area contributed by atoms with Crippen molar-refractivity contribution in [3.05, 3.63) is 101 Å². The molecule has 5 aromatic rings. The van der Waals surface area contributed by atoms with Crippen LogP contribution in [0.4, 0.5) is 0 Å². The lowest BCUT2D eigenvalue weighted by molar-refractivity contribution is 0.112. The summed E-state index contributed by atoms with van der Waals surface area (Å²) in [5.74, 6) is 0. The second-order valence-corrected chi connectivity index (χ2v) is 7.84. The maximum atomic E-state index is 11.0. The maximum absolute atomic E-state index is 11.0. The number of hydrogen-bond donors (Lipinski definition) is 0. The lowest BCUT2D eigenvalue weighted by atomic mass is 9.95. The van der Waals surface area contributed by atoms with Crippen molar-refractivity contribution in [3.63, 3.8) is 0 Å². The van der Waals surface area contributed by atoms with Crippen LogP contribution in [0, 0.1) is 0 Å². The van der Waals surface area contributed by atoms with E-state index in [0.717, 1.165) is 45.3 Å². The second kappa shape index (κ2) is 7.99. The molecule has 0 spiro atoms. The van der Waals surface area contributed by atoms with Gasteiger partial charge in [-0.15, -0.1) is 10.2 Å². The van der Waals surface area contributed by atoms with Crippen LogP contribution in [0.2, 0.25) is 10.0 Å². The SMILES string of the molecule is O=Cc1ccc(-c2cccc(-c3cccc(-c4ccn5cnnc5c4)c3Cl)c2Cl)cc1. The molecule has 0 aliphatic heterocycles. The van der Waals surface area contributed by atoms with Gasteiger partial charge >= 0.3 is 0 Å². The molecule has 6 heteroatoms. The third kappa shape index (κ3) is 3.50. The molecule has 0 bridgehead atoms. The van der Waals surface area contributed by atoms with Crippen molar-refractivity contribution in [2.75, 3.05) is 0 Å². The van der Waals surface area contributed by atoms with Crippen LogP contribution in [-0.2, 0) is 0 Å². The Morgan fingerprint density at radius 2 is 1.35 bits per heavy atom. The second-order valence-electron chi connectivity index (χ2n) is 7.09. The lowest BCUT2D eigenvalue weighted by Gasteiger charge is -2.14. The van der Waals surface area contributed by atoms with E-state index in [1.807, 2.05) is 71.3 Å². The molecule has 0 aliphatic carbocycles. The number of halogens is 2. The quantitative estimate of drug-likeness (QED) is 0.285. The highest BCUT2D eigenvalue weighted by Gasteiger charge is 2.15. The van der Waals surface area contributed by atoms with Gasteiger partial charge in [0.25, 0.3) is 0 Å². The molecule has 0 radical (unpaired) electrons. The Bertz CT molecular complexity index is 1420. The number of carbonyl (C=O) groups excluding carboxylic acids is 1.